The van der Waals surface area contributed by atoms with Crippen molar-refractivity contribution in [2.45, 2.75) is 32.2 Å². The van der Waals surface area contributed by atoms with Crippen molar-refractivity contribution in [2.75, 3.05) is 24.8 Å². The number of nitrogens with one attached hydrogen (secondary N) is 1. The molecule has 4 N–H and O–H groups in total. The monoisotopic (exact) mass is 240 g/mol. The zero-order chi connectivity index (χ0) is 12.7. The lowest BCUT2D eigenvalue weighted by molar-refractivity contribution is 0.266. The van der Waals surface area contributed by atoms with Crippen molar-refractivity contribution in [1.82, 2.24) is 9.97 Å². The molecule has 0 saturated carbocycles. The minimum atomic E-state index is -0.0434. The number of aliphatic hydroxyl groups is 1. The highest BCUT2D eigenvalue weighted by Gasteiger charge is 2.12. The molecular formula is C11H20N4O2. The quantitative estimate of drug-likeness (QED) is 0.659. The first-order valence-electron chi connectivity index (χ1n) is 5.75. The van der Waals surface area contributed by atoms with E-state index in [4.69, 9.17) is 10.5 Å². The molecule has 0 amide bonds. The van der Waals surface area contributed by atoms with Crippen molar-refractivity contribution in [3.8, 4) is 5.75 Å². The fraction of sp³-hybridized carbons (Fsp3) is 0.636. The molecule has 1 heterocycles. The van der Waals surface area contributed by atoms with E-state index in [1.54, 1.807) is 7.11 Å². The van der Waals surface area contributed by atoms with Crippen LogP contribution in [0.15, 0.2) is 6.20 Å². The summed E-state index contributed by atoms with van der Waals surface area (Å²) in [5, 5.41) is 12.4. The molecule has 1 unspecified atom stereocenters. The Morgan fingerprint density at radius 2 is 2.35 bits per heavy atom. The number of hydrogen-bond donors (Lipinski definition) is 3. The Hall–Kier alpha value is -1.56. The van der Waals surface area contributed by atoms with Crippen LogP contribution in [0.2, 0.25) is 0 Å². The number of nitrogens with two attached hydrogens (primary N) is 1. The molecule has 0 bridgehead atoms. The van der Waals surface area contributed by atoms with Gasteiger partial charge in [-0.15, -0.1) is 0 Å². The van der Waals surface area contributed by atoms with Crippen LogP contribution in [0, 0.1) is 0 Å². The summed E-state index contributed by atoms with van der Waals surface area (Å²) < 4.78 is 5.13. The van der Waals surface area contributed by atoms with Crippen LogP contribution < -0.4 is 15.8 Å². The van der Waals surface area contributed by atoms with E-state index in [-0.39, 0.29) is 18.6 Å². The van der Waals surface area contributed by atoms with Gasteiger partial charge in [0.2, 0.25) is 5.95 Å². The molecule has 0 saturated heterocycles. The number of methoxy groups -OCH3 is 1. The zero-order valence-electron chi connectivity index (χ0n) is 10.3. The minimum Gasteiger partial charge on any atom is -0.491 e. The second kappa shape index (κ2) is 6.90. The number of nitrogen functional groups attached to an aromatic ring is 1. The molecule has 0 aliphatic rings. The van der Waals surface area contributed by atoms with E-state index in [1.165, 1.54) is 6.20 Å². The van der Waals surface area contributed by atoms with E-state index in [0.29, 0.717) is 11.6 Å². The molecule has 6 heteroatoms. The molecule has 0 aromatic carbocycles. The third kappa shape index (κ3) is 4.07. The van der Waals surface area contributed by atoms with Crippen molar-refractivity contribution in [2.24, 2.45) is 0 Å². The summed E-state index contributed by atoms with van der Waals surface area (Å²) in [6, 6.07) is -0.0434. The van der Waals surface area contributed by atoms with Crippen molar-refractivity contribution in [3.63, 3.8) is 0 Å². The molecule has 0 radical (unpaired) electrons. The van der Waals surface area contributed by atoms with Gasteiger partial charge in [-0.3, -0.25) is 0 Å². The van der Waals surface area contributed by atoms with Crippen molar-refractivity contribution in [3.05, 3.63) is 6.20 Å². The molecule has 1 aromatic rings. The first kappa shape index (κ1) is 13.5. The first-order valence-corrected chi connectivity index (χ1v) is 5.75. The third-order valence-corrected chi connectivity index (χ3v) is 2.46. The van der Waals surface area contributed by atoms with Gasteiger partial charge in [-0.1, -0.05) is 19.8 Å². The average molecular weight is 240 g/mol. The Balaban J connectivity index is 2.73. The maximum atomic E-state index is 9.27. The van der Waals surface area contributed by atoms with Gasteiger partial charge in [-0.2, -0.15) is 4.98 Å². The van der Waals surface area contributed by atoms with Gasteiger partial charge in [-0.05, 0) is 6.42 Å². The second-order valence-electron chi connectivity index (χ2n) is 3.81. The smallest absolute Gasteiger partial charge is 0.222 e. The van der Waals surface area contributed by atoms with Crippen LogP contribution in [0.4, 0.5) is 11.8 Å². The van der Waals surface area contributed by atoms with Crippen LogP contribution in [0.3, 0.4) is 0 Å². The van der Waals surface area contributed by atoms with Crippen molar-refractivity contribution >= 4 is 11.8 Å². The predicted molar refractivity (Wildman–Crippen MR) is 67.0 cm³/mol. The third-order valence-electron chi connectivity index (χ3n) is 2.46. The fourth-order valence-corrected chi connectivity index (χ4v) is 1.49. The van der Waals surface area contributed by atoms with Crippen LogP contribution in [0.5, 0.6) is 5.75 Å². The Morgan fingerprint density at radius 3 is 2.94 bits per heavy atom. The Morgan fingerprint density at radius 1 is 1.59 bits per heavy atom. The molecule has 0 aliphatic carbocycles. The molecule has 96 valence electrons. The molecule has 17 heavy (non-hydrogen) atoms. The SMILES string of the molecule is CCCCC(CO)Nc1nc(N)ncc1OC. The number of rotatable bonds is 7. The van der Waals surface area contributed by atoms with E-state index in [2.05, 4.69) is 22.2 Å². The van der Waals surface area contributed by atoms with Crippen LogP contribution in [0.1, 0.15) is 26.2 Å². The van der Waals surface area contributed by atoms with Gasteiger partial charge in [0.15, 0.2) is 11.6 Å². The number of aliphatic hydroxyl groups excluding tert-OH is 1. The number of anilines is 2. The molecule has 1 atom stereocenters. The summed E-state index contributed by atoms with van der Waals surface area (Å²) in [5.74, 6) is 1.23. The number of ether oxygens (including phenoxy) is 1. The number of hydrogen-bond acceptors (Lipinski definition) is 6. The molecule has 1 aromatic heterocycles. The van der Waals surface area contributed by atoms with Crippen molar-refractivity contribution in [1.29, 1.82) is 0 Å². The van der Waals surface area contributed by atoms with Gasteiger partial charge < -0.3 is 20.9 Å². The van der Waals surface area contributed by atoms with Crippen molar-refractivity contribution < 1.29 is 9.84 Å². The summed E-state index contributed by atoms with van der Waals surface area (Å²) >= 11 is 0. The molecule has 6 nitrogen and oxygen atoms in total. The van der Waals surface area contributed by atoms with Crippen LogP contribution in [-0.2, 0) is 0 Å². The Kier molecular flexibility index (Phi) is 5.48. The highest BCUT2D eigenvalue weighted by molar-refractivity contribution is 5.51. The predicted octanol–water partition coefficient (Wildman–Crippen LogP) is 1.03. The van der Waals surface area contributed by atoms with E-state index in [0.717, 1.165) is 19.3 Å². The topological polar surface area (TPSA) is 93.3 Å². The lowest BCUT2D eigenvalue weighted by Crippen LogP contribution is -2.24. The first-order chi connectivity index (χ1) is 8.21. The molecule has 0 spiro atoms. The molecule has 0 fully saturated rings. The molecule has 1 rings (SSSR count). The van der Waals surface area contributed by atoms with E-state index < -0.39 is 0 Å². The lowest BCUT2D eigenvalue weighted by Gasteiger charge is -2.18. The fourth-order valence-electron chi connectivity index (χ4n) is 1.49. The lowest BCUT2D eigenvalue weighted by atomic mass is 10.1. The van der Waals surface area contributed by atoms with Crippen LogP contribution in [-0.4, -0.2) is 34.8 Å². The van der Waals surface area contributed by atoms with Gasteiger partial charge >= 0.3 is 0 Å². The normalized spacial score (nSPS) is 12.2. The van der Waals surface area contributed by atoms with Gasteiger partial charge in [0.05, 0.1) is 26.0 Å². The summed E-state index contributed by atoms with van der Waals surface area (Å²) in [6.45, 7) is 2.16. The van der Waals surface area contributed by atoms with Gasteiger partial charge in [0, 0.05) is 0 Å². The van der Waals surface area contributed by atoms with Crippen LogP contribution in [0.25, 0.3) is 0 Å². The largest absolute Gasteiger partial charge is 0.491 e. The summed E-state index contributed by atoms with van der Waals surface area (Å²) in [4.78, 5) is 7.90. The highest BCUT2D eigenvalue weighted by atomic mass is 16.5. The zero-order valence-corrected chi connectivity index (χ0v) is 10.3. The number of aromatic nitrogens is 2. The Bertz CT molecular complexity index is 346. The average Bonchev–Trinajstić information content (AvgIpc) is 2.34. The Labute approximate surface area is 101 Å². The van der Waals surface area contributed by atoms with E-state index in [1.807, 2.05) is 0 Å². The van der Waals surface area contributed by atoms with Gasteiger partial charge in [0.25, 0.3) is 0 Å². The minimum absolute atomic E-state index is 0.0434. The maximum Gasteiger partial charge on any atom is 0.222 e. The molecular weight excluding hydrogens is 220 g/mol. The summed E-state index contributed by atoms with van der Waals surface area (Å²) in [6.07, 6.45) is 4.52. The second-order valence-corrected chi connectivity index (χ2v) is 3.81. The summed E-state index contributed by atoms with van der Waals surface area (Å²) in [5.41, 5.74) is 5.52. The number of nitrogens with zero attached hydrogens (tertiary/aromatic N) is 2. The van der Waals surface area contributed by atoms with Gasteiger partial charge in [0.1, 0.15) is 0 Å². The maximum absolute atomic E-state index is 9.27. The molecule has 0 aliphatic heterocycles. The van der Waals surface area contributed by atoms with E-state index in [9.17, 15) is 5.11 Å². The van der Waals surface area contributed by atoms with E-state index >= 15 is 0 Å². The number of unbranched alkanes of at least 4 members (excludes halogenated alkanes) is 1. The van der Waals surface area contributed by atoms with Crippen LogP contribution >= 0.6 is 0 Å². The highest BCUT2D eigenvalue weighted by Crippen LogP contribution is 2.22. The summed E-state index contributed by atoms with van der Waals surface area (Å²) in [7, 11) is 1.54. The van der Waals surface area contributed by atoms with Gasteiger partial charge in [-0.25, -0.2) is 4.98 Å². The standard InChI is InChI=1S/C11H20N4O2/c1-3-4-5-8(7-16)14-10-9(17-2)6-13-11(12)15-10/h6,8,16H,3-5,7H2,1-2H3,(H3,12,13,14,15).